The topological polar surface area (TPSA) is 58.4 Å². The minimum Gasteiger partial charge on any atom is -0.397 e. The van der Waals surface area contributed by atoms with Crippen molar-refractivity contribution < 1.29 is 4.79 Å². The summed E-state index contributed by atoms with van der Waals surface area (Å²) < 4.78 is 0. The molecule has 0 aliphatic carbocycles. The fraction of sp³-hybridized carbons (Fsp3) is 0.562. The Balaban J connectivity index is 2.23. The lowest BCUT2D eigenvalue weighted by Crippen LogP contribution is -2.26. The molecule has 0 unspecified atom stereocenters. The minimum atomic E-state index is 0.0604. The molecule has 1 aromatic carbocycles. The second kappa shape index (κ2) is 6.64. The van der Waals surface area contributed by atoms with Gasteiger partial charge in [-0.3, -0.25) is 4.79 Å². The van der Waals surface area contributed by atoms with Crippen LogP contribution in [0, 0.1) is 0 Å². The molecule has 0 spiro atoms. The maximum atomic E-state index is 11.5. The number of nitrogen functional groups attached to an aromatic ring is 1. The molecule has 0 saturated carbocycles. The summed E-state index contributed by atoms with van der Waals surface area (Å²) in [6, 6.07) is 3.99. The van der Waals surface area contributed by atoms with Crippen LogP contribution in [0.5, 0.6) is 0 Å². The third kappa shape index (κ3) is 3.24. The molecule has 0 atom stereocenters. The number of carbonyl (C=O) groups is 1. The van der Waals surface area contributed by atoms with Crippen LogP contribution in [0.25, 0.3) is 0 Å². The molecule has 4 heteroatoms. The van der Waals surface area contributed by atoms with E-state index < -0.39 is 0 Å². The SMILES string of the molecule is CCCCN(CCCC)c1cc2c(cc1N)CC(=O)N2. The van der Waals surface area contributed by atoms with Crippen LogP contribution in [-0.2, 0) is 11.2 Å². The summed E-state index contributed by atoms with van der Waals surface area (Å²) in [6.07, 6.45) is 5.11. The summed E-state index contributed by atoms with van der Waals surface area (Å²) in [5, 5.41) is 2.91. The predicted molar refractivity (Wildman–Crippen MR) is 85.2 cm³/mol. The van der Waals surface area contributed by atoms with Crippen LogP contribution in [-0.4, -0.2) is 19.0 Å². The Kier molecular flexibility index (Phi) is 4.88. The van der Waals surface area contributed by atoms with Gasteiger partial charge in [0.25, 0.3) is 0 Å². The van der Waals surface area contributed by atoms with E-state index in [0.29, 0.717) is 6.42 Å². The van der Waals surface area contributed by atoms with E-state index in [-0.39, 0.29) is 5.91 Å². The fourth-order valence-electron chi connectivity index (χ4n) is 2.61. The first kappa shape index (κ1) is 14.7. The Morgan fingerprint density at radius 1 is 1.20 bits per heavy atom. The van der Waals surface area contributed by atoms with Gasteiger partial charge in [-0.25, -0.2) is 0 Å². The van der Waals surface area contributed by atoms with Gasteiger partial charge >= 0.3 is 0 Å². The highest BCUT2D eigenvalue weighted by atomic mass is 16.1. The Labute approximate surface area is 121 Å². The van der Waals surface area contributed by atoms with Crippen LogP contribution < -0.4 is 16.0 Å². The smallest absolute Gasteiger partial charge is 0.228 e. The van der Waals surface area contributed by atoms with E-state index in [0.717, 1.165) is 48.6 Å². The predicted octanol–water partition coefficient (Wildman–Crippen LogP) is 3.17. The first-order valence-corrected chi connectivity index (χ1v) is 7.62. The second-order valence-electron chi connectivity index (χ2n) is 5.49. The van der Waals surface area contributed by atoms with Crippen LogP contribution in [0.4, 0.5) is 17.1 Å². The van der Waals surface area contributed by atoms with Crippen molar-refractivity contribution in [3.05, 3.63) is 17.7 Å². The van der Waals surface area contributed by atoms with Gasteiger partial charge in [0.15, 0.2) is 0 Å². The number of hydrogen-bond donors (Lipinski definition) is 2. The molecule has 1 aliphatic heterocycles. The summed E-state index contributed by atoms with van der Waals surface area (Å²) >= 11 is 0. The molecule has 1 aliphatic rings. The maximum absolute atomic E-state index is 11.5. The Bertz CT molecular complexity index is 477. The quantitative estimate of drug-likeness (QED) is 0.751. The van der Waals surface area contributed by atoms with Crippen LogP contribution in [0.3, 0.4) is 0 Å². The van der Waals surface area contributed by atoms with Crippen molar-refractivity contribution in [2.24, 2.45) is 0 Å². The number of benzene rings is 1. The number of anilines is 3. The third-order valence-electron chi connectivity index (χ3n) is 3.78. The lowest BCUT2D eigenvalue weighted by atomic mass is 10.1. The molecule has 0 radical (unpaired) electrons. The van der Waals surface area contributed by atoms with Crippen molar-refractivity contribution in [3.8, 4) is 0 Å². The van der Waals surface area contributed by atoms with Gasteiger partial charge in [-0.05, 0) is 30.5 Å². The summed E-state index contributed by atoms with van der Waals surface area (Å²) in [4.78, 5) is 13.8. The van der Waals surface area contributed by atoms with E-state index in [2.05, 4.69) is 24.1 Å². The van der Waals surface area contributed by atoms with E-state index >= 15 is 0 Å². The van der Waals surface area contributed by atoms with Crippen molar-refractivity contribution in [3.63, 3.8) is 0 Å². The lowest BCUT2D eigenvalue weighted by molar-refractivity contribution is -0.115. The van der Waals surface area contributed by atoms with Crippen LogP contribution in [0.2, 0.25) is 0 Å². The number of amides is 1. The highest BCUT2D eigenvalue weighted by Gasteiger charge is 2.21. The van der Waals surface area contributed by atoms with Gasteiger partial charge in [-0.2, -0.15) is 0 Å². The molecule has 20 heavy (non-hydrogen) atoms. The zero-order valence-corrected chi connectivity index (χ0v) is 12.5. The first-order chi connectivity index (χ1) is 9.65. The zero-order chi connectivity index (χ0) is 14.5. The minimum absolute atomic E-state index is 0.0604. The van der Waals surface area contributed by atoms with Gasteiger partial charge in [0.1, 0.15) is 0 Å². The molecular formula is C16H25N3O. The van der Waals surface area contributed by atoms with Crippen molar-refractivity contribution in [2.75, 3.05) is 29.0 Å². The lowest BCUT2D eigenvalue weighted by Gasteiger charge is -2.26. The molecule has 3 N–H and O–H groups in total. The molecule has 0 saturated heterocycles. The molecule has 1 heterocycles. The Morgan fingerprint density at radius 2 is 1.85 bits per heavy atom. The highest BCUT2D eigenvalue weighted by Crippen LogP contribution is 2.34. The third-order valence-corrected chi connectivity index (χ3v) is 3.78. The zero-order valence-electron chi connectivity index (χ0n) is 12.5. The molecular weight excluding hydrogens is 250 g/mol. The number of unbranched alkanes of at least 4 members (excludes halogenated alkanes) is 2. The monoisotopic (exact) mass is 275 g/mol. The van der Waals surface area contributed by atoms with Crippen molar-refractivity contribution in [1.29, 1.82) is 0 Å². The summed E-state index contributed by atoms with van der Waals surface area (Å²) in [7, 11) is 0. The largest absolute Gasteiger partial charge is 0.397 e. The molecule has 0 bridgehead atoms. The fourth-order valence-corrected chi connectivity index (χ4v) is 2.61. The molecule has 4 nitrogen and oxygen atoms in total. The van der Waals surface area contributed by atoms with Crippen molar-refractivity contribution in [1.82, 2.24) is 0 Å². The van der Waals surface area contributed by atoms with Gasteiger partial charge in [0.05, 0.1) is 17.8 Å². The van der Waals surface area contributed by atoms with Crippen molar-refractivity contribution in [2.45, 2.75) is 46.0 Å². The Morgan fingerprint density at radius 3 is 2.45 bits per heavy atom. The molecule has 2 rings (SSSR count). The standard InChI is InChI=1S/C16H25N3O/c1-3-5-7-19(8-6-4-2)15-11-14-12(9-13(15)17)10-16(20)18-14/h9,11H,3-8,10,17H2,1-2H3,(H,18,20). The number of nitrogens with two attached hydrogens (primary N) is 1. The van der Waals surface area contributed by atoms with E-state index in [1.807, 2.05) is 12.1 Å². The first-order valence-electron chi connectivity index (χ1n) is 7.62. The molecule has 1 aromatic rings. The molecule has 110 valence electrons. The number of nitrogens with zero attached hydrogens (tertiary/aromatic N) is 1. The van der Waals surface area contributed by atoms with E-state index in [1.165, 1.54) is 12.8 Å². The van der Waals surface area contributed by atoms with Crippen LogP contribution in [0.15, 0.2) is 12.1 Å². The Hall–Kier alpha value is -1.71. The van der Waals surface area contributed by atoms with Crippen LogP contribution >= 0.6 is 0 Å². The highest BCUT2D eigenvalue weighted by molar-refractivity contribution is 6.00. The maximum Gasteiger partial charge on any atom is 0.228 e. The average Bonchev–Trinajstić information content (AvgIpc) is 2.77. The summed E-state index contributed by atoms with van der Waals surface area (Å²) in [5.41, 5.74) is 9.99. The average molecular weight is 275 g/mol. The number of nitrogens with one attached hydrogen (secondary N) is 1. The van der Waals surface area contributed by atoms with Gasteiger partial charge in [-0.1, -0.05) is 26.7 Å². The number of fused-ring (bicyclic) bond motifs is 1. The van der Waals surface area contributed by atoms with Gasteiger partial charge < -0.3 is 16.0 Å². The number of rotatable bonds is 7. The van der Waals surface area contributed by atoms with Crippen LogP contribution in [0.1, 0.15) is 45.1 Å². The van der Waals surface area contributed by atoms with Gasteiger partial charge in [0, 0.05) is 18.8 Å². The number of carbonyl (C=O) groups excluding carboxylic acids is 1. The second-order valence-corrected chi connectivity index (χ2v) is 5.49. The van der Waals surface area contributed by atoms with Gasteiger partial charge in [0.2, 0.25) is 5.91 Å². The molecule has 1 amide bonds. The molecule has 0 aromatic heterocycles. The van der Waals surface area contributed by atoms with Gasteiger partial charge in [-0.15, -0.1) is 0 Å². The van der Waals surface area contributed by atoms with E-state index in [4.69, 9.17) is 5.73 Å². The summed E-state index contributed by atoms with van der Waals surface area (Å²) in [6.45, 7) is 6.44. The summed E-state index contributed by atoms with van der Waals surface area (Å²) in [5.74, 6) is 0.0604. The normalized spacial score (nSPS) is 13.2. The number of hydrogen-bond acceptors (Lipinski definition) is 3. The van der Waals surface area contributed by atoms with Crippen molar-refractivity contribution >= 4 is 23.0 Å². The van der Waals surface area contributed by atoms with E-state index in [1.54, 1.807) is 0 Å². The molecule has 0 fully saturated rings. The van der Waals surface area contributed by atoms with E-state index in [9.17, 15) is 4.79 Å².